The fourth-order valence-corrected chi connectivity index (χ4v) is 5.30. The summed E-state index contributed by atoms with van der Waals surface area (Å²) in [5.41, 5.74) is 4.63. The predicted molar refractivity (Wildman–Crippen MR) is 137 cm³/mol. The van der Waals surface area contributed by atoms with Gasteiger partial charge in [-0.1, -0.05) is 24.1 Å². The van der Waals surface area contributed by atoms with Crippen molar-refractivity contribution in [2.45, 2.75) is 52.6 Å². The van der Waals surface area contributed by atoms with Crippen LogP contribution in [-0.2, 0) is 37.9 Å². The fourth-order valence-electron chi connectivity index (χ4n) is 3.57. The fraction of sp³-hybridized carbons (Fsp3) is 0.458. The standard InChI is InChI=1S/C24H32FN4O6P/c1-4-15-29-23(31)21(27-20(30)14-13-18-11-7-8-12-19(18)25)22(26)28(24(29)32)16-9-10-17-36(33,34-5-2)35-6-3/h1,7-8,11-12H,5-6,9-10,13-17,26H2,2-3H3,(H,27,30). The normalized spacial score (nSPS) is 11.3. The maximum Gasteiger partial charge on any atom is 0.333 e. The Labute approximate surface area is 209 Å². The van der Waals surface area contributed by atoms with Gasteiger partial charge in [0.05, 0.1) is 25.9 Å². The van der Waals surface area contributed by atoms with Crippen LogP contribution in [0, 0.1) is 18.2 Å². The molecule has 2 aromatic rings. The van der Waals surface area contributed by atoms with E-state index in [1.54, 1.807) is 32.0 Å². The minimum absolute atomic E-state index is 0.0753. The smallest absolute Gasteiger partial charge is 0.333 e. The summed E-state index contributed by atoms with van der Waals surface area (Å²) in [4.78, 5) is 38.3. The van der Waals surface area contributed by atoms with Crippen LogP contribution in [0.3, 0.4) is 0 Å². The number of nitrogens with zero attached hydrogens (tertiary/aromatic N) is 2. The summed E-state index contributed by atoms with van der Waals surface area (Å²) in [6.07, 6.45) is 6.21. The molecule has 0 saturated heterocycles. The number of nitrogens with two attached hydrogens (primary N) is 1. The molecule has 196 valence electrons. The molecule has 1 aromatic heterocycles. The Morgan fingerprint density at radius 3 is 2.44 bits per heavy atom. The topological polar surface area (TPSA) is 135 Å². The van der Waals surface area contributed by atoms with Gasteiger partial charge in [0.25, 0.3) is 5.56 Å². The van der Waals surface area contributed by atoms with Crippen LogP contribution < -0.4 is 22.3 Å². The van der Waals surface area contributed by atoms with Gasteiger partial charge in [-0.2, -0.15) is 0 Å². The van der Waals surface area contributed by atoms with Crippen LogP contribution in [-0.4, -0.2) is 34.4 Å². The molecule has 0 aliphatic carbocycles. The van der Waals surface area contributed by atoms with E-state index in [1.165, 1.54) is 6.07 Å². The van der Waals surface area contributed by atoms with Crippen molar-refractivity contribution in [2.24, 2.45) is 0 Å². The summed E-state index contributed by atoms with van der Waals surface area (Å²) < 4.78 is 38.9. The van der Waals surface area contributed by atoms with Crippen molar-refractivity contribution in [2.75, 3.05) is 30.4 Å². The molecule has 1 heterocycles. The van der Waals surface area contributed by atoms with E-state index in [0.717, 1.165) is 9.13 Å². The van der Waals surface area contributed by atoms with Crippen molar-refractivity contribution in [1.29, 1.82) is 0 Å². The highest BCUT2D eigenvalue weighted by atomic mass is 31.2. The number of terminal acetylenes is 1. The Kier molecular flexibility index (Phi) is 11.1. The first-order chi connectivity index (χ1) is 17.2. The number of hydrogen-bond donors (Lipinski definition) is 2. The number of nitrogens with one attached hydrogen (secondary N) is 1. The van der Waals surface area contributed by atoms with E-state index in [-0.39, 0.29) is 56.8 Å². The first kappa shape index (κ1) is 29.0. The molecule has 0 aliphatic heterocycles. The number of halogens is 1. The molecular weight excluding hydrogens is 490 g/mol. The van der Waals surface area contributed by atoms with E-state index < -0.39 is 30.6 Å². The van der Waals surface area contributed by atoms with Gasteiger partial charge in [-0.15, -0.1) is 6.42 Å². The molecule has 10 nitrogen and oxygen atoms in total. The second kappa shape index (κ2) is 13.8. The van der Waals surface area contributed by atoms with Crippen molar-refractivity contribution in [1.82, 2.24) is 9.13 Å². The van der Waals surface area contributed by atoms with Gasteiger partial charge in [-0.3, -0.25) is 18.7 Å². The Hall–Kier alpha value is -3.19. The highest BCUT2D eigenvalue weighted by Crippen LogP contribution is 2.48. The highest BCUT2D eigenvalue weighted by molar-refractivity contribution is 7.53. The van der Waals surface area contributed by atoms with Crippen molar-refractivity contribution in [3.63, 3.8) is 0 Å². The summed E-state index contributed by atoms with van der Waals surface area (Å²) in [6.45, 7) is 3.66. The number of carbonyl (C=O) groups is 1. The molecule has 12 heteroatoms. The van der Waals surface area contributed by atoms with E-state index in [0.29, 0.717) is 18.4 Å². The number of rotatable bonds is 14. The number of aryl methyl sites for hydroxylation is 1. The predicted octanol–water partition coefficient (Wildman–Crippen LogP) is 2.98. The molecule has 1 amide bonds. The molecule has 0 spiro atoms. The van der Waals surface area contributed by atoms with Crippen LogP contribution in [0.4, 0.5) is 15.9 Å². The summed E-state index contributed by atoms with van der Waals surface area (Å²) in [5, 5.41) is 2.45. The molecule has 0 radical (unpaired) electrons. The monoisotopic (exact) mass is 522 g/mol. The largest absolute Gasteiger partial charge is 0.383 e. The van der Waals surface area contributed by atoms with Gasteiger partial charge < -0.3 is 20.1 Å². The molecular formula is C24H32FN4O6P. The van der Waals surface area contributed by atoms with Gasteiger partial charge >= 0.3 is 13.3 Å². The van der Waals surface area contributed by atoms with E-state index in [4.69, 9.17) is 21.2 Å². The van der Waals surface area contributed by atoms with Crippen LogP contribution >= 0.6 is 7.60 Å². The minimum atomic E-state index is -3.24. The van der Waals surface area contributed by atoms with Crippen LogP contribution in [0.5, 0.6) is 0 Å². The van der Waals surface area contributed by atoms with Crippen molar-refractivity contribution in [3.8, 4) is 12.3 Å². The molecule has 0 atom stereocenters. The van der Waals surface area contributed by atoms with Crippen LogP contribution in [0.15, 0.2) is 33.9 Å². The summed E-state index contributed by atoms with van der Waals surface area (Å²) >= 11 is 0. The third kappa shape index (κ3) is 7.65. The number of anilines is 2. The SMILES string of the molecule is C#CCn1c(=O)c(NC(=O)CCc2ccccc2F)c(N)n(CCCCP(=O)(OCC)OCC)c1=O. The van der Waals surface area contributed by atoms with Crippen molar-refractivity contribution in [3.05, 3.63) is 56.5 Å². The summed E-state index contributed by atoms with van der Waals surface area (Å²) in [5.74, 6) is 1.01. The molecule has 2 rings (SSSR count). The third-order valence-corrected chi connectivity index (χ3v) is 7.44. The zero-order valence-corrected chi connectivity index (χ0v) is 21.4. The second-order valence-electron chi connectivity index (χ2n) is 7.81. The molecule has 0 bridgehead atoms. The van der Waals surface area contributed by atoms with Gasteiger partial charge in [-0.05, 0) is 44.7 Å². The average molecular weight is 523 g/mol. The Balaban J connectivity index is 2.21. The lowest BCUT2D eigenvalue weighted by Crippen LogP contribution is -2.42. The van der Waals surface area contributed by atoms with E-state index >= 15 is 0 Å². The zero-order chi connectivity index (χ0) is 26.7. The number of nitrogen functional groups attached to an aromatic ring is 1. The Bertz CT molecular complexity index is 1260. The Morgan fingerprint density at radius 2 is 1.83 bits per heavy atom. The van der Waals surface area contributed by atoms with Crippen LogP contribution in [0.25, 0.3) is 0 Å². The highest BCUT2D eigenvalue weighted by Gasteiger charge is 2.23. The molecule has 3 N–H and O–H groups in total. The van der Waals surface area contributed by atoms with Crippen molar-refractivity contribution >= 4 is 25.0 Å². The van der Waals surface area contributed by atoms with E-state index in [9.17, 15) is 23.3 Å². The average Bonchev–Trinajstić information content (AvgIpc) is 2.84. The third-order valence-electron chi connectivity index (χ3n) is 5.28. The maximum absolute atomic E-state index is 13.8. The van der Waals surface area contributed by atoms with Gasteiger partial charge in [0, 0.05) is 13.0 Å². The second-order valence-corrected chi connectivity index (χ2v) is 9.99. The number of hydrogen-bond acceptors (Lipinski definition) is 7. The van der Waals surface area contributed by atoms with Crippen LogP contribution in [0.1, 0.15) is 38.7 Å². The lowest BCUT2D eigenvalue weighted by Gasteiger charge is -2.18. The van der Waals surface area contributed by atoms with Gasteiger partial charge in [0.15, 0.2) is 0 Å². The number of benzene rings is 1. The van der Waals surface area contributed by atoms with Gasteiger partial charge in [-0.25, -0.2) is 13.8 Å². The first-order valence-corrected chi connectivity index (χ1v) is 13.4. The lowest BCUT2D eigenvalue weighted by atomic mass is 10.1. The molecule has 0 unspecified atom stereocenters. The molecule has 1 aromatic carbocycles. The quantitative estimate of drug-likeness (QED) is 0.221. The number of unbranched alkanes of at least 4 members (excludes halogenated alkanes) is 1. The first-order valence-electron chi connectivity index (χ1n) is 11.6. The lowest BCUT2D eigenvalue weighted by molar-refractivity contribution is -0.116. The minimum Gasteiger partial charge on any atom is -0.383 e. The van der Waals surface area contributed by atoms with Gasteiger partial charge in [0.2, 0.25) is 5.91 Å². The Morgan fingerprint density at radius 1 is 1.17 bits per heavy atom. The molecule has 0 saturated carbocycles. The van der Waals surface area contributed by atoms with E-state index in [2.05, 4.69) is 11.2 Å². The van der Waals surface area contributed by atoms with E-state index in [1.807, 2.05) is 0 Å². The summed E-state index contributed by atoms with van der Waals surface area (Å²) in [6, 6.07) is 6.06. The molecule has 0 fully saturated rings. The van der Waals surface area contributed by atoms with Gasteiger partial charge in [0.1, 0.15) is 17.3 Å². The molecule has 0 aliphatic rings. The number of carbonyl (C=O) groups excluding carboxylic acids is 1. The zero-order valence-electron chi connectivity index (χ0n) is 20.5. The van der Waals surface area contributed by atoms with Crippen molar-refractivity contribution < 1.29 is 22.8 Å². The maximum atomic E-state index is 13.8. The van der Waals surface area contributed by atoms with Crippen LogP contribution in [0.2, 0.25) is 0 Å². The number of amides is 1. The number of aromatic nitrogens is 2. The molecule has 36 heavy (non-hydrogen) atoms. The summed E-state index contributed by atoms with van der Waals surface area (Å²) in [7, 11) is -3.24.